The lowest BCUT2D eigenvalue weighted by atomic mass is 10.1. The number of hydrogen-bond donors (Lipinski definition) is 1. The molecule has 0 aliphatic heterocycles. The molecule has 156 valence electrons. The Balaban J connectivity index is 1.70. The zero-order chi connectivity index (χ0) is 21.4. The number of carbonyl (C=O) groups excluding carboxylic acids is 1. The number of benzene rings is 1. The summed E-state index contributed by atoms with van der Waals surface area (Å²) >= 11 is 1.41. The molecule has 1 unspecified atom stereocenters. The first kappa shape index (κ1) is 20.3. The van der Waals surface area contributed by atoms with Crippen LogP contribution >= 0.6 is 11.3 Å². The number of rotatable bonds is 6. The molecule has 30 heavy (non-hydrogen) atoms. The van der Waals surface area contributed by atoms with Gasteiger partial charge in [0.05, 0.1) is 10.6 Å². The van der Waals surface area contributed by atoms with Crippen LogP contribution in [0.15, 0.2) is 42.7 Å². The maximum Gasteiger partial charge on any atom is 0.262 e. The van der Waals surface area contributed by atoms with Gasteiger partial charge in [-0.15, -0.1) is 11.3 Å². The highest BCUT2D eigenvalue weighted by molar-refractivity contribution is 7.20. The highest BCUT2D eigenvalue weighted by Crippen LogP contribution is 2.30. The summed E-state index contributed by atoms with van der Waals surface area (Å²) in [5.41, 5.74) is 1.28. The molecule has 1 atom stereocenters. The average molecular weight is 426 g/mol. The van der Waals surface area contributed by atoms with Gasteiger partial charge in [0.1, 0.15) is 22.5 Å². The van der Waals surface area contributed by atoms with Gasteiger partial charge in [-0.2, -0.15) is 5.10 Å². The van der Waals surface area contributed by atoms with E-state index < -0.39 is 6.04 Å². The molecule has 4 aromatic rings. The lowest BCUT2D eigenvalue weighted by Gasteiger charge is -2.19. The van der Waals surface area contributed by atoms with Crippen LogP contribution in [0.3, 0.4) is 0 Å². The van der Waals surface area contributed by atoms with E-state index in [1.807, 2.05) is 24.7 Å². The van der Waals surface area contributed by atoms with Gasteiger partial charge >= 0.3 is 0 Å². The summed E-state index contributed by atoms with van der Waals surface area (Å²) < 4.78 is 18.3. The molecule has 6 nitrogen and oxygen atoms in total. The number of halogens is 1. The molecule has 8 heteroatoms. The molecule has 4 rings (SSSR count). The van der Waals surface area contributed by atoms with Crippen molar-refractivity contribution in [1.29, 1.82) is 0 Å². The molecule has 1 amide bonds. The number of nitrogens with one attached hydrogen (secondary N) is 1. The first-order valence-corrected chi connectivity index (χ1v) is 10.7. The Morgan fingerprint density at radius 3 is 2.73 bits per heavy atom. The van der Waals surface area contributed by atoms with Crippen LogP contribution in [-0.2, 0) is 13.6 Å². The van der Waals surface area contributed by atoms with Gasteiger partial charge in [-0.25, -0.2) is 9.37 Å². The Morgan fingerprint density at radius 2 is 2.07 bits per heavy atom. The van der Waals surface area contributed by atoms with E-state index in [0.29, 0.717) is 22.2 Å². The van der Waals surface area contributed by atoms with Crippen LogP contribution in [0, 0.1) is 18.7 Å². The third-order valence-corrected chi connectivity index (χ3v) is 6.12. The number of nitrogens with zero attached hydrogens (tertiary/aromatic N) is 4. The molecule has 1 N–H and O–H groups in total. The molecule has 3 heterocycles. The van der Waals surface area contributed by atoms with Crippen molar-refractivity contribution in [2.45, 2.75) is 33.4 Å². The highest BCUT2D eigenvalue weighted by atomic mass is 32.1. The number of thiophene rings is 1. The van der Waals surface area contributed by atoms with Gasteiger partial charge < -0.3 is 9.88 Å². The molecule has 3 aromatic heterocycles. The maximum atomic E-state index is 14.6. The molecular formula is C22H24FN5OS. The van der Waals surface area contributed by atoms with Crippen molar-refractivity contribution < 1.29 is 9.18 Å². The van der Waals surface area contributed by atoms with Crippen molar-refractivity contribution in [2.75, 3.05) is 0 Å². The van der Waals surface area contributed by atoms with Crippen molar-refractivity contribution >= 4 is 27.5 Å². The third kappa shape index (κ3) is 3.75. The van der Waals surface area contributed by atoms with Gasteiger partial charge in [-0.1, -0.05) is 32.0 Å². The van der Waals surface area contributed by atoms with Crippen molar-refractivity contribution in [2.24, 2.45) is 13.0 Å². The first-order valence-electron chi connectivity index (χ1n) is 9.84. The molecular weight excluding hydrogens is 401 g/mol. The first-order chi connectivity index (χ1) is 14.3. The topological polar surface area (TPSA) is 64.7 Å². The van der Waals surface area contributed by atoms with E-state index in [-0.39, 0.29) is 11.7 Å². The van der Waals surface area contributed by atoms with Crippen LogP contribution < -0.4 is 5.32 Å². The lowest BCUT2D eigenvalue weighted by molar-refractivity contribution is 0.0945. The normalized spacial score (nSPS) is 12.6. The predicted octanol–water partition coefficient (Wildman–Crippen LogP) is 4.45. The zero-order valence-corrected chi connectivity index (χ0v) is 18.2. The van der Waals surface area contributed by atoms with E-state index >= 15 is 0 Å². The van der Waals surface area contributed by atoms with Crippen LogP contribution in [0.1, 0.15) is 46.6 Å². The zero-order valence-electron chi connectivity index (χ0n) is 17.4. The second-order valence-electron chi connectivity index (χ2n) is 7.82. The van der Waals surface area contributed by atoms with Crippen LogP contribution in [-0.4, -0.2) is 25.2 Å². The molecule has 0 bridgehead atoms. The number of aryl methyl sites for hydroxylation is 2. The van der Waals surface area contributed by atoms with E-state index in [2.05, 4.69) is 29.2 Å². The fourth-order valence-electron chi connectivity index (χ4n) is 3.54. The molecule has 0 spiro atoms. The molecule has 1 aromatic carbocycles. The Morgan fingerprint density at radius 1 is 1.30 bits per heavy atom. The number of amides is 1. The number of fused-ring (bicyclic) bond motifs is 1. The molecule has 0 fully saturated rings. The summed E-state index contributed by atoms with van der Waals surface area (Å²) in [5.74, 6) is 0.367. The van der Waals surface area contributed by atoms with Gasteiger partial charge in [-0.05, 0) is 25.0 Å². The minimum absolute atomic E-state index is 0.261. The maximum absolute atomic E-state index is 14.6. The van der Waals surface area contributed by atoms with Crippen molar-refractivity contribution in [3.8, 4) is 0 Å². The Labute approximate surface area is 178 Å². The second kappa shape index (κ2) is 8.02. The SMILES string of the molecule is Cc1nn(CC(C)C)c2sc(C(=O)NC(c3ccccc3F)c3nccn3C)cc12. The number of hydrogen-bond acceptors (Lipinski definition) is 4. The number of carbonyl (C=O) groups is 1. The minimum Gasteiger partial charge on any atom is -0.337 e. The largest absolute Gasteiger partial charge is 0.337 e. The van der Waals surface area contributed by atoms with Crippen LogP contribution in [0.5, 0.6) is 0 Å². The summed E-state index contributed by atoms with van der Waals surface area (Å²) in [5, 5.41) is 8.55. The standard InChI is InChI=1S/C22H24FN5OS/c1-13(2)12-28-22-16(14(3)26-28)11-18(30-22)21(29)25-19(20-24-9-10-27(20)4)15-7-5-6-8-17(15)23/h5-11,13,19H,12H2,1-4H3,(H,25,29). The Hall–Kier alpha value is -3.00. The summed E-state index contributed by atoms with van der Waals surface area (Å²) in [6.45, 7) is 7.01. The van der Waals surface area contributed by atoms with Gasteiger partial charge in [0, 0.05) is 36.9 Å². The van der Waals surface area contributed by atoms with Gasteiger partial charge in [0.2, 0.25) is 0 Å². The van der Waals surface area contributed by atoms with E-state index in [4.69, 9.17) is 0 Å². The van der Waals surface area contributed by atoms with Crippen LogP contribution in [0.4, 0.5) is 4.39 Å². The Kier molecular flexibility index (Phi) is 5.42. The molecule has 0 radical (unpaired) electrons. The number of aromatic nitrogens is 4. The third-order valence-electron chi connectivity index (χ3n) is 4.98. The fourth-order valence-corrected chi connectivity index (χ4v) is 4.62. The predicted molar refractivity (Wildman–Crippen MR) is 116 cm³/mol. The van der Waals surface area contributed by atoms with E-state index in [9.17, 15) is 9.18 Å². The molecule has 0 aliphatic carbocycles. The fraction of sp³-hybridized carbons (Fsp3) is 0.318. The van der Waals surface area contributed by atoms with Crippen LogP contribution in [0.25, 0.3) is 10.2 Å². The monoisotopic (exact) mass is 425 g/mol. The second-order valence-corrected chi connectivity index (χ2v) is 8.85. The average Bonchev–Trinajstić information content (AvgIpc) is 3.38. The quantitative estimate of drug-likeness (QED) is 0.496. The van der Waals surface area contributed by atoms with Gasteiger partial charge in [0.25, 0.3) is 5.91 Å². The van der Waals surface area contributed by atoms with Gasteiger partial charge in [-0.3, -0.25) is 9.48 Å². The van der Waals surface area contributed by atoms with Gasteiger partial charge in [0.15, 0.2) is 0 Å². The van der Waals surface area contributed by atoms with Crippen molar-refractivity contribution in [3.63, 3.8) is 0 Å². The van der Waals surface area contributed by atoms with E-state index in [1.165, 1.54) is 17.4 Å². The van der Waals surface area contributed by atoms with Crippen LogP contribution in [0.2, 0.25) is 0 Å². The summed E-state index contributed by atoms with van der Waals surface area (Å²) in [7, 11) is 1.83. The van der Waals surface area contributed by atoms with E-state index in [1.54, 1.807) is 35.2 Å². The lowest BCUT2D eigenvalue weighted by Crippen LogP contribution is -2.31. The summed E-state index contributed by atoms with van der Waals surface area (Å²) in [4.78, 5) is 19.1. The number of imidazole rings is 1. The molecule has 0 aliphatic rings. The van der Waals surface area contributed by atoms with E-state index in [0.717, 1.165) is 22.5 Å². The Bertz CT molecular complexity index is 1210. The molecule has 0 saturated carbocycles. The van der Waals surface area contributed by atoms with Crippen molar-refractivity contribution in [1.82, 2.24) is 24.6 Å². The highest BCUT2D eigenvalue weighted by Gasteiger charge is 2.25. The molecule has 0 saturated heterocycles. The van der Waals surface area contributed by atoms with Crippen molar-refractivity contribution in [3.05, 3.63) is 70.5 Å². The smallest absolute Gasteiger partial charge is 0.262 e. The minimum atomic E-state index is -0.697. The summed E-state index contributed by atoms with van der Waals surface area (Å²) in [6, 6.07) is 7.61. The summed E-state index contributed by atoms with van der Waals surface area (Å²) in [6.07, 6.45) is 3.41.